The van der Waals surface area contributed by atoms with Crippen LogP contribution in [-0.4, -0.2) is 4.98 Å². The number of thiophene rings is 1. The Hall–Kier alpha value is -0.890. The second kappa shape index (κ2) is 4.38. The molecule has 0 saturated heterocycles. The third kappa shape index (κ3) is 1.89. The summed E-state index contributed by atoms with van der Waals surface area (Å²) in [7, 11) is 0. The van der Waals surface area contributed by atoms with Gasteiger partial charge in [0, 0.05) is 11.9 Å². The smallest absolute Gasteiger partial charge is 0.0528 e. The Morgan fingerprint density at radius 3 is 2.62 bits per heavy atom. The fraction of sp³-hybridized carbons (Fsp3) is 0.364. The lowest BCUT2D eigenvalue weighted by molar-refractivity contribution is 1.18. The van der Waals surface area contributed by atoms with Crippen LogP contribution in [-0.2, 0) is 0 Å². The van der Waals surface area contributed by atoms with E-state index in [1.54, 1.807) is 11.3 Å². The van der Waals surface area contributed by atoms with Crippen LogP contribution in [0.5, 0.6) is 0 Å². The summed E-state index contributed by atoms with van der Waals surface area (Å²) in [5, 5.41) is 3.46. The molecule has 0 aliphatic carbocycles. The quantitative estimate of drug-likeness (QED) is 0.617. The summed E-state index contributed by atoms with van der Waals surface area (Å²) in [5.74, 6) is 0. The average molecular weight is 193 g/mol. The molecule has 2 aromatic heterocycles. The molecule has 0 bridgehead atoms. The van der Waals surface area contributed by atoms with Crippen molar-refractivity contribution in [3.63, 3.8) is 0 Å². The monoisotopic (exact) mass is 193 g/mol. The van der Waals surface area contributed by atoms with Crippen LogP contribution in [0.4, 0.5) is 0 Å². The van der Waals surface area contributed by atoms with Crippen LogP contribution in [0.1, 0.15) is 25.1 Å². The van der Waals surface area contributed by atoms with Gasteiger partial charge in [0.25, 0.3) is 0 Å². The van der Waals surface area contributed by atoms with Crippen molar-refractivity contribution >= 4 is 21.4 Å². The topological polar surface area (TPSA) is 12.9 Å². The van der Waals surface area contributed by atoms with E-state index in [2.05, 4.69) is 23.4 Å². The van der Waals surface area contributed by atoms with Crippen LogP contribution in [0.25, 0.3) is 10.1 Å². The molecule has 2 heteroatoms. The lowest BCUT2D eigenvalue weighted by Gasteiger charge is -1.98. The highest BCUT2D eigenvalue weighted by Crippen LogP contribution is 2.23. The molecule has 0 spiro atoms. The highest BCUT2D eigenvalue weighted by atomic mass is 32.1. The molecular weight excluding hydrogens is 178 g/mol. The molecule has 2 heterocycles. The van der Waals surface area contributed by atoms with Gasteiger partial charge in [-0.2, -0.15) is 0 Å². The standard InChI is InChI=1S/C9H9NS.C2H6/c1-6-7(2)10-5-9-8(6)3-4-11-9;1-2/h3-5H,1-2H3;1-2H3. The lowest BCUT2D eigenvalue weighted by Crippen LogP contribution is -1.84. The molecule has 2 rings (SSSR count). The normalized spacial score (nSPS) is 9.54. The largest absolute Gasteiger partial charge is 0.260 e. The number of hydrogen-bond donors (Lipinski definition) is 0. The van der Waals surface area contributed by atoms with Gasteiger partial charge in [-0.05, 0) is 36.2 Å². The molecule has 0 amide bonds. The molecule has 70 valence electrons. The van der Waals surface area contributed by atoms with E-state index in [1.165, 1.54) is 15.6 Å². The number of pyridine rings is 1. The third-order valence-electron chi connectivity index (χ3n) is 2.02. The van der Waals surface area contributed by atoms with E-state index >= 15 is 0 Å². The second-order valence-electron chi connectivity index (χ2n) is 2.67. The number of hydrogen-bond acceptors (Lipinski definition) is 2. The van der Waals surface area contributed by atoms with Gasteiger partial charge in [0.15, 0.2) is 0 Å². The maximum Gasteiger partial charge on any atom is 0.0528 e. The van der Waals surface area contributed by atoms with Gasteiger partial charge in [0.2, 0.25) is 0 Å². The zero-order valence-electron chi connectivity index (χ0n) is 8.59. The number of rotatable bonds is 0. The summed E-state index contributed by atoms with van der Waals surface area (Å²) < 4.78 is 1.29. The van der Waals surface area contributed by atoms with E-state index in [0.29, 0.717) is 0 Å². The van der Waals surface area contributed by atoms with E-state index in [9.17, 15) is 0 Å². The van der Waals surface area contributed by atoms with Gasteiger partial charge in [-0.1, -0.05) is 13.8 Å². The first-order valence-corrected chi connectivity index (χ1v) is 5.46. The minimum absolute atomic E-state index is 1.14. The molecule has 0 N–H and O–H groups in total. The van der Waals surface area contributed by atoms with Crippen LogP contribution in [0.2, 0.25) is 0 Å². The molecule has 1 nitrogen and oxygen atoms in total. The summed E-state index contributed by atoms with van der Waals surface area (Å²) in [4.78, 5) is 4.29. The summed E-state index contributed by atoms with van der Waals surface area (Å²) in [5.41, 5.74) is 2.44. The zero-order chi connectivity index (χ0) is 9.84. The van der Waals surface area contributed by atoms with E-state index in [1.807, 2.05) is 27.0 Å². The average Bonchev–Trinajstić information content (AvgIpc) is 2.63. The van der Waals surface area contributed by atoms with E-state index in [4.69, 9.17) is 0 Å². The molecule has 0 aliphatic heterocycles. The second-order valence-corrected chi connectivity index (χ2v) is 3.61. The Labute approximate surface area is 83.4 Å². The van der Waals surface area contributed by atoms with Crippen molar-refractivity contribution in [2.24, 2.45) is 0 Å². The molecule has 0 aliphatic rings. The fourth-order valence-corrected chi connectivity index (χ4v) is 1.99. The summed E-state index contributed by atoms with van der Waals surface area (Å²) in [6, 6.07) is 2.16. The predicted molar refractivity (Wildman–Crippen MR) is 60.4 cm³/mol. The molecule has 2 aromatic rings. The van der Waals surface area contributed by atoms with Crippen LogP contribution >= 0.6 is 11.3 Å². The Morgan fingerprint density at radius 2 is 1.92 bits per heavy atom. The van der Waals surface area contributed by atoms with Crippen molar-refractivity contribution in [2.45, 2.75) is 27.7 Å². The summed E-state index contributed by atoms with van der Waals surface area (Å²) in [6.45, 7) is 8.17. The number of nitrogens with zero attached hydrogens (tertiary/aromatic N) is 1. The summed E-state index contributed by atoms with van der Waals surface area (Å²) >= 11 is 1.75. The van der Waals surface area contributed by atoms with E-state index in [-0.39, 0.29) is 0 Å². The zero-order valence-corrected chi connectivity index (χ0v) is 9.40. The van der Waals surface area contributed by atoms with Crippen LogP contribution < -0.4 is 0 Å². The first kappa shape index (κ1) is 10.2. The SMILES string of the molecule is CC.Cc1ncc2sccc2c1C. The number of aromatic nitrogens is 1. The fourth-order valence-electron chi connectivity index (χ4n) is 1.18. The Balaban J connectivity index is 0.000000396. The molecule has 13 heavy (non-hydrogen) atoms. The van der Waals surface area contributed by atoms with Crippen LogP contribution in [0, 0.1) is 13.8 Å². The van der Waals surface area contributed by atoms with E-state index in [0.717, 1.165) is 5.69 Å². The maximum absolute atomic E-state index is 4.29. The van der Waals surface area contributed by atoms with Gasteiger partial charge >= 0.3 is 0 Å². The van der Waals surface area contributed by atoms with Crippen molar-refractivity contribution in [1.29, 1.82) is 0 Å². The summed E-state index contributed by atoms with van der Waals surface area (Å²) in [6.07, 6.45) is 1.95. The molecule has 0 unspecified atom stereocenters. The number of aryl methyl sites for hydroxylation is 2. The Morgan fingerprint density at radius 1 is 1.23 bits per heavy atom. The van der Waals surface area contributed by atoms with Crippen molar-refractivity contribution in [1.82, 2.24) is 4.98 Å². The molecule has 0 fully saturated rings. The number of fused-ring (bicyclic) bond motifs is 1. The minimum Gasteiger partial charge on any atom is -0.260 e. The molecule has 0 atom stereocenters. The molecule has 0 saturated carbocycles. The van der Waals surface area contributed by atoms with Crippen LogP contribution in [0.15, 0.2) is 17.6 Å². The molecule has 0 aromatic carbocycles. The third-order valence-corrected chi connectivity index (χ3v) is 2.87. The van der Waals surface area contributed by atoms with Gasteiger partial charge in [-0.3, -0.25) is 4.98 Å². The lowest BCUT2D eigenvalue weighted by atomic mass is 10.1. The highest BCUT2D eigenvalue weighted by molar-refractivity contribution is 7.17. The Kier molecular flexibility index (Phi) is 3.43. The van der Waals surface area contributed by atoms with Crippen molar-refractivity contribution in [3.8, 4) is 0 Å². The first-order valence-electron chi connectivity index (χ1n) is 4.58. The highest BCUT2D eigenvalue weighted by Gasteiger charge is 2.00. The van der Waals surface area contributed by atoms with Gasteiger partial charge in [0.05, 0.1) is 4.70 Å². The minimum atomic E-state index is 1.14. The van der Waals surface area contributed by atoms with Crippen molar-refractivity contribution in [3.05, 3.63) is 28.9 Å². The first-order chi connectivity index (χ1) is 6.29. The van der Waals surface area contributed by atoms with Crippen LogP contribution in [0.3, 0.4) is 0 Å². The molecule has 0 radical (unpaired) electrons. The Bertz CT molecular complexity index is 390. The van der Waals surface area contributed by atoms with Crippen molar-refractivity contribution in [2.75, 3.05) is 0 Å². The maximum atomic E-state index is 4.29. The van der Waals surface area contributed by atoms with Gasteiger partial charge < -0.3 is 0 Å². The van der Waals surface area contributed by atoms with Crippen molar-refractivity contribution < 1.29 is 0 Å². The molecular formula is C11H15NS. The van der Waals surface area contributed by atoms with Gasteiger partial charge in [-0.15, -0.1) is 11.3 Å². The predicted octanol–water partition coefficient (Wildman–Crippen LogP) is 3.94. The van der Waals surface area contributed by atoms with Gasteiger partial charge in [-0.25, -0.2) is 0 Å². The van der Waals surface area contributed by atoms with E-state index < -0.39 is 0 Å². The van der Waals surface area contributed by atoms with Gasteiger partial charge in [0.1, 0.15) is 0 Å².